The van der Waals surface area contributed by atoms with Gasteiger partial charge in [0.1, 0.15) is 6.07 Å². The fourth-order valence-corrected chi connectivity index (χ4v) is 1.89. The van der Waals surface area contributed by atoms with E-state index in [9.17, 15) is 4.79 Å². The predicted molar refractivity (Wildman–Crippen MR) is 59.3 cm³/mol. The van der Waals surface area contributed by atoms with E-state index in [0.717, 1.165) is 11.1 Å². The SMILES string of the molecule is COC(=O)Cc1ccc(C)c(C#N)c1Br. The summed E-state index contributed by atoms with van der Waals surface area (Å²) in [5.74, 6) is -0.316. The molecule has 0 saturated heterocycles. The number of esters is 1. The fourth-order valence-electron chi connectivity index (χ4n) is 1.22. The van der Waals surface area contributed by atoms with Gasteiger partial charge in [0.05, 0.1) is 19.1 Å². The fraction of sp³-hybridized carbons (Fsp3) is 0.273. The Morgan fingerprint density at radius 1 is 1.60 bits per heavy atom. The van der Waals surface area contributed by atoms with Gasteiger partial charge in [-0.3, -0.25) is 4.79 Å². The molecule has 1 rings (SSSR count). The third kappa shape index (κ3) is 2.57. The van der Waals surface area contributed by atoms with E-state index < -0.39 is 0 Å². The molecule has 0 spiro atoms. The molecule has 1 aromatic rings. The minimum absolute atomic E-state index is 0.173. The van der Waals surface area contributed by atoms with Crippen molar-refractivity contribution in [2.45, 2.75) is 13.3 Å². The molecule has 0 saturated carbocycles. The second-order valence-electron chi connectivity index (χ2n) is 3.10. The summed E-state index contributed by atoms with van der Waals surface area (Å²) in [5, 5.41) is 8.92. The van der Waals surface area contributed by atoms with Crippen molar-refractivity contribution >= 4 is 21.9 Å². The summed E-state index contributed by atoms with van der Waals surface area (Å²) in [6.45, 7) is 1.85. The van der Waals surface area contributed by atoms with E-state index in [1.807, 2.05) is 19.1 Å². The number of carbonyl (C=O) groups excluding carboxylic acids is 1. The molecule has 0 bridgehead atoms. The number of carbonyl (C=O) groups is 1. The van der Waals surface area contributed by atoms with Crippen LogP contribution in [0.4, 0.5) is 0 Å². The predicted octanol–water partition coefficient (Wildman–Crippen LogP) is 2.34. The van der Waals surface area contributed by atoms with Crippen molar-refractivity contribution in [2.75, 3.05) is 7.11 Å². The lowest BCUT2D eigenvalue weighted by molar-refractivity contribution is -0.139. The third-order valence-electron chi connectivity index (χ3n) is 2.10. The minimum atomic E-state index is -0.316. The van der Waals surface area contributed by atoms with E-state index in [1.54, 1.807) is 0 Å². The quantitative estimate of drug-likeness (QED) is 0.773. The normalized spacial score (nSPS) is 9.47. The zero-order valence-corrected chi connectivity index (χ0v) is 10.1. The maximum Gasteiger partial charge on any atom is 0.310 e. The standard InChI is InChI=1S/C11H10BrNO2/c1-7-3-4-8(5-10(14)15-2)11(12)9(7)6-13/h3-4H,5H2,1-2H3. The molecular weight excluding hydrogens is 258 g/mol. The Morgan fingerprint density at radius 3 is 2.80 bits per heavy atom. The van der Waals surface area contributed by atoms with Gasteiger partial charge in [0.15, 0.2) is 0 Å². The lowest BCUT2D eigenvalue weighted by Gasteiger charge is -2.06. The van der Waals surface area contributed by atoms with Crippen LogP contribution in [-0.2, 0) is 16.0 Å². The summed E-state index contributed by atoms with van der Waals surface area (Å²) in [5.41, 5.74) is 2.22. The van der Waals surface area contributed by atoms with Crippen LogP contribution in [0, 0.1) is 18.3 Å². The molecule has 0 N–H and O–H groups in total. The van der Waals surface area contributed by atoms with Gasteiger partial charge in [-0.25, -0.2) is 0 Å². The highest BCUT2D eigenvalue weighted by atomic mass is 79.9. The maximum absolute atomic E-state index is 11.1. The summed E-state index contributed by atoms with van der Waals surface area (Å²) in [6.07, 6.45) is 0.173. The van der Waals surface area contributed by atoms with Crippen molar-refractivity contribution in [1.82, 2.24) is 0 Å². The summed E-state index contributed by atoms with van der Waals surface area (Å²) < 4.78 is 5.25. The van der Waals surface area contributed by atoms with Gasteiger partial charge in [-0.05, 0) is 34.0 Å². The Bertz CT molecular complexity index is 435. The van der Waals surface area contributed by atoms with Crippen LogP contribution in [0.15, 0.2) is 16.6 Å². The van der Waals surface area contributed by atoms with E-state index in [4.69, 9.17) is 5.26 Å². The first-order valence-corrected chi connectivity index (χ1v) is 5.14. The van der Waals surface area contributed by atoms with Crippen LogP contribution < -0.4 is 0 Å². The Kier molecular flexibility index (Phi) is 3.87. The van der Waals surface area contributed by atoms with Gasteiger partial charge in [-0.1, -0.05) is 12.1 Å². The Morgan fingerprint density at radius 2 is 2.27 bits per heavy atom. The lowest BCUT2D eigenvalue weighted by atomic mass is 10.0. The molecule has 78 valence electrons. The summed E-state index contributed by atoms with van der Waals surface area (Å²) >= 11 is 3.32. The van der Waals surface area contributed by atoms with Crippen LogP contribution in [0.3, 0.4) is 0 Å². The number of nitriles is 1. The highest BCUT2D eigenvalue weighted by Gasteiger charge is 2.11. The van der Waals surface area contributed by atoms with Crippen LogP contribution in [-0.4, -0.2) is 13.1 Å². The number of aryl methyl sites for hydroxylation is 1. The minimum Gasteiger partial charge on any atom is -0.469 e. The van der Waals surface area contributed by atoms with E-state index >= 15 is 0 Å². The zero-order valence-electron chi connectivity index (χ0n) is 8.50. The van der Waals surface area contributed by atoms with E-state index in [0.29, 0.717) is 10.0 Å². The number of ether oxygens (including phenoxy) is 1. The molecule has 0 aliphatic rings. The van der Waals surface area contributed by atoms with Gasteiger partial charge < -0.3 is 4.74 Å². The van der Waals surface area contributed by atoms with E-state index in [-0.39, 0.29) is 12.4 Å². The smallest absolute Gasteiger partial charge is 0.310 e. The first-order valence-electron chi connectivity index (χ1n) is 4.35. The van der Waals surface area contributed by atoms with Crippen molar-refractivity contribution in [3.63, 3.8) is 0 Å². The van der Waals surface area contributed by atoms with Crippen LogP contribution in [0.25, 0.3) is 0 Å². The molecule has 0 unspecified atom stereocenters. The Balaban J connectivity index is 3.12. The van der Waals surface area contributed by atoms with Gasteiger partial charge in [0.2, 0.25) is 0 Å². The molecule has 4 heteroatoms. The number of halogens is 1. The van der Waals surface area contributed by atoms with Crippen molar-refractivity contribution in [3.05, 3.63) is 33.3 Å². The monoisotopic (exact) mass is 267 g/mol. The van der Waals surface area contributed by atoms with Gasteiger partial charge in [0, 0.05) is 4.47 Å². The molecule has 0 atom stereocenters. The number of rotatable bonds is 2. The maximum atomic E-state index is 11.1. The summed E-state index contributed by atoms with van der Waals surface area (Å²) in [6, 6.07) is 5.73. The molecule has 0 radical (unpaired) electrons. The second-order valence-corrected chi connectivity index (χ2v) is 3.89. The molecule has 1 aromatic carbocycles. The van der Waals surface area contributed by atoms with Crippen LogP contribution in [0.1, 0.15) is 16.7 Å². The summed E-state index contributed by atoms with van der Waals surface area (Å²) in [4.78, 5) is 11.1. The van der Waals surface area contributed by atoms with Crippen molar-refractivity contribution in [2.24, 2.45) is 0 Å². The lowest BCUT2D eigenvalue weighted by Crippen LogP contribution is -2.05. The molecule has 15 heavy (non-hydrogen) atoms. The largest absolute Gasteiger partial charge is 0.469 e. The second kappa shape index (κ2) is 4.94. The molecule has 0 amide bonds. The number of methoxy groups -OCH3 is 1. The average molecular weight is 268 g/mol. The van der Waals surface area contributed by atoms with Crippen molar-refractivity contribution < 1.29 is 9.53 Å². The number of nitrogens with zero attached hydrogens (tertiary/aromatic N) is 1. The molecule has 0 aliphatic carbocycles. The van der Waals surface area contributed by atoms with E-state index in [1.165, 1.54) is 7.11 Å². The molecular formula is C11H10BrNO2. The molecule has 0 fully saturated rings. The van der Waals surface area contributed by atoms with Crippen molar-refractivity contribution in [1.29, 1.82) is 5.26 Å². The number of benzene rings is 1. The molecule has 0 heterocycles. The van der Waals surface area contributed by atoms with Crippen LogP contribution >= 0.6 is 15.9 Å². The molecule has 3 nitrogen and oxygen atoms in total. The van der Waals surface area contributed by atoms with Crippen LogP contribution in [0.2, 0.25) is 0 Å². The van der Waals surface area contributed by atoms with Crippen molar-refractivity contribution in [3.8, 4) is 6.07 Å². The zero-order chi connectivity index (χ0) is 11.4. The molecule has 0 aliphatic heterocycles. The van der Waals surface area contributed by atoms with Gasteiger partial charge >= 0.3 is 5.97 Å². The highest BCUT2D eigenvalue weighted by Crippen LogP contribution is 2.24. The highest BCUT2D eigenvalue weighted by molar-refractivity contribution is 9.10. The Hall–Kier alpha value is -1.34. The average Bonchev–Trinajstić information content (AvgIpc) is 2.23. The third-order valence-corrected chi connectivity index (χ3v) is 3.01. The number of hydrogen-bond donors (Lipinski definition) is 0. The number of hydrogen-bond acceptors (Lipinski definition) is 3. The Labute approximate surface area is 96.8 Å². The topological polar surface area (TPSA) is 50.1 Å². The first kappa shape index (κ1) is 11.7. The van der Waals surface area contributed by atoms with E-state index in [2.05, 4.69) is 26.7 Å². The molecule has 0 aromatic heterocycles. The van der Waals surface area contributed by atoms with Gasteiger partial charge in [-0.15, -0.1) is 0 Å². The summed E-state index contributed by atoms with van der Waals surface area (Å²) in [7, 11) is 1.34. The van der Waals surface area contributed by atoms with Crippen LogP contribution in [0.5, 0.6) is 0 Å². The van der Waals surface area contributed by atoms with Gasteiger partial charge in [-0.2, -0.15) is 5.26 Å². The first-order chi connectivity index (χ1) is 7.10. The van der Waals surface area contributed by atoms with Gasteiger partial charge in [0.25, 0.3) is 0 Å².